The maximum atomic E-state index is 6.04. The molecule has 2 nitrogen and oxygen atoms in total. The summed E-state index contributed by atoms with van der Waals surface area (Å²) in [6.07, 6.45) is 0. The molecule has 0 unspecified atom stereocenters. The van der Waals surface area contributed by atoms with E-state index >= 15 is 0 Å². The van der Waals surface area contributed by atoms with Crippen molar-refractivity contribution in [3.63, 3.8) is 0 Å². The van der Waals surface area contributed by atoms with Crippen molar-refractivity contribution >= 4 is 52.1 Å². The van der Waals surface area contributed by atoms with Crippen molar-refractivity contribution in [3.8, 4) is 5.75 Å². The molecule has 0 amide bonds. The quantitative estimate of drug-likeness (QED) is 0.755. The fourth-order valence-electron chi connectivity index (χ4n) is 1.52. The molecule has 2 aromatic carbocycles. The van der Waals surface area contributed by atoms with Crippen LogP contribution in [0.25, 0.3) is 0 Å². The Bertz CT molecular complexity index is 593. The molecule has 0 aliphatic rings. The molecule has 0 spiro atoms. The molecule has 0 bridgehead atoms. The Morgan fingerprint density at radius 1 is 0.895 bits per heavy atom. The molecule has 0 aliphatic heterocycles. The molecule has 6 heteroatoms. The van der Waals surface area contributed by atoms with Crippen LogP contribution in [0.2, 0.25) is 20.1 Å². The lowest BCUT2D eigenvalue weighted by molar-refractivity contribution is 0.307. The van der Waals surface area contributed by atoms with Crippen molar-refractivity contribution in [2.45, 2.75) is 6.61 Å². The summed E-state index contributed by atoms with van der Waals surface area (Å²) in [6.45, 7) is 0.211. The van der Waals surface area contributed by atoms with Gasteiger partial charge in [-0.05, 0) is 30.3 Å². The number of benzene rings is 2. The number of hydrogen-bond acceptors (Lipinski definition) is 2. The van der Waals surface area contributed by atoms with Gasteiger partial charge in [0.15, 0.2) is 5.75 Å². The molecule has 100 valence electrons. The molecule has 0 aromatic heterocycles. The Labute approximate surface area is 131 Å². The summed E-state index contributed by atoms with van der Waals surface area (Å²) in [6, 6.07) is 8.28. The first kappa shape index (κ1) is 14.6. The van der Waals surface area contributed by atoms with Gasteiger partial charge in [-0.25, -0.2) is 0 Å². The van der Waals surface area contributed by atoms with E-state index in [0.29, 0.717) is 31.5 Å². The van der Waals surface area contributed by atoms with Gasteiger partial charge >= 0.3 is 0 Å². The average Bonchev–Trinajstić information content (AvgIpc) is 2.32. The predicted octanol–water partition coefficient (Wildman–Crippen LogP) is 5.46. The summed E-state index contributed by atoms with van der Waals surface area (Å²) >= 11 is 24.0. The standard InChI is InChI=1S/C13H9Cl4NO/c14-8-1-2-10(15)7(3-8)6-19-13-11(16)4-9(18)5-12(13)17/h1-5H,6,18H2. The Kier molecular flexibility index (Phi) is 4.69. The maximum absolute atomic E-state index is 6.04. The Morgan fingerprint density at radius 2 is 1.53 bits per heavy atom. The molecule has 0 saturated carbocycles. The van der Waals surface area contributed by atoms with Crippen LogP contribution in [0.5, 0.6) is 5.75 Å². The van der Waals surface area contributed by atoms with Gasteiger partial charge in [0.1, 0.15) is 6.61 Å². The van der Waals surface area contributed by atoms with Crippen molar-refractivity contribution < 1.29 is 4.74 Å². The fraction of sp³-hybridized carbons (Fsp3) is 0.0769. The van der Waals surface area contributed by atoms with Crippen LogP contribution in [0.4, 0.5) is 5.69 Å². The number of ether oxygens (including phenoxy) is 1. The largest absolute Gasteiger partial charge is 0.486 e. The molecule has 0 aliphatic carbocycles. The van der Waals surface area contributed by atoms with Crippen LogP contribution in [-0.2, 0) is 6.61 Å². The third-order valence-corrected chi connectivity index (χ3v) is 3.57. The number of nitrogens with two attached hydrogens (primary N) is 1. The van der Waals surface area contributed by atoms with Gasteiger partial charge in [0.25, 0.3) is 0 Å². The van der Waals surface area contributed by atoms with E-state index in [4.69, 9.17) is 56.9 Å². The highest BCUT2D eigenvalue weighted by molar-refractivity contribution is 6.37. The minimum absolute atomic E-state index is 0.211. The topological polar surface area (TPSA) is 35.2 Å². The second-order valence-electron chi connectivity index (χ2n) is 3.84. The Balaban J connectivity index is 2.21. The van der Waals surface area contributed by atoms with Crippen molar-refractivity contribution in [3.05, 3.63) is 56.0 Å². The number of nitrogen functional groups attached to an aromatic ring is 1. The molecular formula is C13H9Cl4NO. The van der Waals surface area contributed by atoms with Gasteiger partial charge < -0.3 is 10.5 Å². The van der Waals surface area contributed by atoms with Crippen LogP contribution in [0.1, 0.15) is 5.56 Å². The molecule has 0 heterocycles. The molecular weight excluding hydrogens is 328 g/mol. The minimum atomic E-state index is 0.211. The molecule has 0 radical (unpaired) electrons. The van der Waals surface area contributed by atoms with E-state index in [0.717, 1.165) is 5.56 Å². The first-order valence-electron chi connectivity index (χ1n) is 5.28. The SMILES string of the molecule is Nc1cc(Cl)c(OCc2cc(Cl)ccc2Cl)c(Cl)c1. The number of rotatable bonds is 3. The third kappa shape index (κ3) is 3.61. The van der Waals surface area contributed by atoms with Crippen molar-refractivity contribution in [2.75, 3.05) is 5.73 Å². The molecule has 19 heavy (non-hydrogen) atoms. The highest BCUT2D eigenvalue weighted by Gasteiger charge is 2.10. The molecule has 2 N–H and O–H groups in total. The molecule has 2 rings (SSSR count). The zero-order chi connectivity index (χ0) is 14.0. The summed E-state index contributed by atoms with van der Waals surface area (Å²) in [7, 11) is 0. The molecule has 0 fully saturated rings. The van der Waals surface area contributed by atoms with E-state index in [9.17, 15) is 0 Å². The lowest BCUT2D eigenvalue weighted by Gasteiger charge is -2.11. The summed E-state index contributed by atoms with van der Waals surface area (Å²) < 4.78 is 5.58. The van der Waals surface area contributed by atoms with E-state index < -0.39 is 0 Å². The second-order valence-corrected chi connectivity index (χ2v) is 5.50. The highest BCUT2D eigenvalue weighted by atomic mass is 35.5. The smallest absolute Gasteiger partial charge is 0.157 e. The molecule has 2 aromatic rings. The van der Waals surface area contributed by atoms with Crippen LogP contribution >= 0.6 is 46.4 Å². The van der Waals surface area contributed by atoms with Gasteiger partial charge in [-0.1, -0.05) is 46.4 Å². The zero-order valence-electron chi connectivity index (χ0n) is 9.59. The molecule has 0 saturated heterocycles. The molecule has 0 atom stereocenters. The van der Waals surface area contributed by atoms with Crippen LogP contribution < -0.4 is 10.5 Å². The van der Waals surface area contributed by atoms with Crippen LogP contribution in [-0.4, -0.2) is 0 Å². The van der Waals surface area contributed by atoms with E-state index in [1.807, 2.05) is 0 Å². The number of anilines is 1. The van der Waals surface area contributed by atoms with Gasteiger partial charge in [0, 0.05) is 21.3 Å². The predicted molar refractivity (Wildman–Crippen MR) is 81.7 cm³/mol. The number of halogens is 4. The van der Waals surface area contributed by atoms with Gasteiger partial charge in [-0.15, -0.1) is 0 Å². The summed E-state index contributed by atoms with van der Waals surface area (Å²) in [5, 5.41) is 1.84. The van der Waals surface area contributed by atoms with E-state index in [1.54, 1.807) is 30.3 Å². The lowest BCUT2D eigenvalue weighted by Crippen LogP contribution is -1.98. The van der Waals surface area contributed by atoms with Crippen molar-refractivity contribution in [1.82, 2.24) is 0 Å². The van der Waals surface area contributed by atoms with Crippen molar-refractivity contribution in [1.29, 1.82) is 0 Å². The van der Waals surface area contributed by atoms with E-state index in [1.165, 1.54) is 0 Å². The van der Waals surface area contributed by atoms with Crippen LogP contribution in [0, 0.1) is 0 Å². The average molecular weight is 337 g/mol. The van der Waals surface area contributed by atoms with Gasteiger partial charge in [-0.3, -0.25) is 0 Å². The zero-order valence-corrected chi connectivity index (χ0v) is 12.6. The van der Waals surface area contributed by atoms with E-state index in [-0.39, 0.29) is 6.61 Å². The van der Waals surface area contributed by atoms with Gasteiger partial charge in [0.05, 0.1) is 10.0 Å². The first-order chi connectivity index (χ1) is 8.97. The summed E-state index contributed by atoms with van der Waals surface area (Å²) in [5.74, 6) is 0.369. The van der Waals surface area contributed by atoms with E-state index in [2.05, 4.69) is 0 Å². The van der Waals surface area contributed by atoms with Crippen LogP contribution in [0.15, 0.2) is 30.3 Å². The van der Waals surface area contributed by atoms with Gasteiger partial charge in [-0.2, -0.15) is 0 Å². The highest BCUT2D eigenvalue weighted by Crippen LogP contribution is 2.36. The Hall–Kier alpha value is -0.800. The van der Waals surface area contributed by atoms with Crippen molar-refractivity contribution in [2.24, 2.45) is 0 Å². The Morgan fingerprint density at radius 3 is 2.16 bits per heavy atom. The summed E-state index contributed by atoms with van der Waals surface area (Å²) in [4.78, 5) is 0. The maximum Gasteiger partial charge on any atom is 0.157 e. The third-order valence-electron chi connectivity index (χ3n) is 2.40. The fourth-order valence-corrected chi connectivity index (χ4v) is 2.50. The summed E-state index contributed by atoms with van der Waals surface area (Å²) in [5.41, 5.74) is 6.84. The lowest BCUT2D eigenvalue weighted by atomic mass is 10.2. The number of hydrogen-bond donors (Lipinski definition) is 1. The normalized spacial score (nSPS) is 10.5. The minimum Gasteiger partial charge on any atom is -0.486 e. The first-order valence-corrected chi connectivity index (χ1v) is 6.80. The second kappa shape index (κ2) is 6.10. The van der Waals surface area contributed by atoms with Crippen LogP contribution in [0.3, 0.4) is 0 Å². The van der Waals surface area contributed by atoms with Gasteiger partial charge in [0.2, 0.25) is 0 Å². The monoisotopic (exact) mass is 335 g/mol.